The van der Waals surface area contributed by atoms with Gasteiger partial charge >= 0.3 is 0 Å². The van der Waals surface area contributed by atoms with Crippen LogP contribution in [0.25, 0.3) is 0 Å². The van der Waals surface area contributed by atoms with Crippen LogP contribution in [0.4, 0.5) is 0 Å². The van der Waals surface area contributed by atoms with Crippen molar-refractivity contribution in [1.29, 1.82) is 0 Å². The third-order valence-electron chi connectivity index (χ3n) is 7.62. The van der Waals surface area contributed by atoms with Crippen molar-refractivity contribution >= 4 is 5.91 Å². The highest BCUT2D eigenvalue weighted by atomic mass is 16.3. The Balaban J connectivity index is 3.78. The van der Waals surface area contributed by atoms with Crippen LogP contribution in [0.2, 0.25) is 0 Å². The van der Waals surface area contributed by atoms with Crippen LogP contribution in [0.3, 0.4) is 0 Å². The van der Waals surface area contributed by atoms with Gasteiger partial charge in [-0.3, -0.25) is 4.79 Å². The summed E-state index contributed by atoms with van der Waals surface area (Å²) >= 11 is 0. The summed E-state index contributed by atoms with van der Waals surface area (Å²) in [6, 6.07) is -0.817. The lowest BCUT2D eigenvalue weighted by molar-refractivity contribution is -0.124. The Morgan fingerprint density at radius 1 is 0.632 bits per heavy atom. The van der Waals surface area contributed by atoms with Crippen LogP contribution < -0.4 is 5.32 Å². The second kappa shape index (κ2) is 29.1. The molecule has 226 valence electrons. The molecule has 0 saturated heterocycles. The molecule has 0 rings (SSSR count). The molecule has 0 aromatic carbocycles. The highest BCUT2D eigenvalue weighted by molar-refractivity contribution is 5.76. The average molecular weight is 540 g/mol. The number of aliphatic hydroxyl groups excluding tert-OH is 3. The predicted octanol–water partition coefficient (Wildman–Crippen LogP) is 8.14. The fourth-order valence-corrected chi connectivity index (χ4v) is 4.98. The van der Waals surface area contributed by atoms with E-state index in [1.54, 1.807) is 0 Å². The first kappa shape index (κ1) is 37.1. The Morgan fingerprint density at radius 2 is 1.05 bits per heavy atom. The van der Waals surface area contributed by atoms with E-state index in [9.17, 15) is 20.1 Å². The Kier molecular flexibility index (Phi) is 28.4. The third-order valence-corrected chi connectivity index (χ3v) is 7.62. The van der Waals surface area contributed by atoms with E-state index < -0.39 is 18.2 Å². The molecule has 0 heterocycles. The molecule has 0 aliphatic heterocycles. The standard InChI is InChI=1S/C33H65NO4/c1-3-5-7-9-11-13-15-17-19-21-23-25-27-31(36)33(38)30(29-35)34-32(37)28-26-24-22-20-18-16-14-12-10-8-6-4-2/h19,21,30-31,33,35-36,38H,3-18,20,22-29H2,1-2H3,(H,34,37)/b21-19+. The highest BCUT2D eigenvalue weighted by Gasteiger charge is 2.26. The Labute approximate surface area is 236 Å². The van der Waals surface area contributed by atoms with Gasteiger partial charge in [0, 0.05) is 6.42 Å². The first-order valence-electron chi connectivity index (χ1n) is 16.5. The second-order valence-corrected chi connectivity index (χ2v) is 11.4. The van der Waals surface area contributed by atoms with Gasteiger partial charge < -0.3 is 20.6 Å². The topological polar surface area (TPSA) is 89.8 Å². The molecule has 0 aromatic rings. The van der Waals surface area contributed by atoms with Crippen molar-refractivity contribution in [1.82, 2.24) is 5.32 Å². The van der Waals surface area contributed by atoms with Gasteiger partial charge in [-0.2, -0.15) is 0 Å². The maximum atomic E-state index is 12.3. The molecule has 5 heteroatoms. The van der Waals surface area contributed by atoms with Crippen LogP contribution in [0.5, 0.6) is 0 Å². The third kappa shape index (κ3) is 24.2. The number of carbonyl (C=O) groups excluding carboxylic acids is 1. The monoisotopic (exact) mass is 539 g/mol. The van der Waals surface area contributed by atoms with Gasteiger partial charge in [-0.1, -0.05) is 135 Å². The summed E-state index contributed by atoms with van der Waals surface area (Å²) in [5, 5.41) is 33.1. The molecule has 0 aromatic heterocycles. The molecule has 0 bridgehead atoms. The molecule has 1 amide bonds. The van der Waals surface area contributed by atoms with E-state index in [4.69, 9.17) is 0 Å². The van der Waals surface area contributed by atoms with E-state index in [1.165, 1.54) is 103 Å². The first-order valence-corrected chi connectivity index (χ1v) is 16.5. The van der Waals surface area contributed by atoms with Gasteiger partial charge in [-0.25, -0.2) is 0 Å². The minimum absolute atomic E-state index is 0.157. The molecule has 38 heavy (non-hydrogen) atoms. The van der Waals surface area contributed by atoms with Crippen LogP contribution in [0.1, 0.15) is 168 Å². The zero-order valence-electron chi connectivity index (χ0n) is 25.3. The first-order chi connectivity index (χ1) is 18.6. The molecule has 0 aliphatic rings. The van der Waals surface area contributed by atoms with Crippen molar-refractivity contribution in [2.24, 2.45) is 0 Å². The van der Waals surface area contributed by atoms with Crippen molar-refractivity contribution in [3.05, 3.63) is 12.2 Å². The molecule has 3 unspecified atom stereocenters. The summed E-state index contributed by atoms with van der Waals surface area (Å²) in [6.45, 7) is 4.12. The van der Waals surface area contributed by atoms with E-state index in [2.05, 4.69) is 31.3 Å². The number of aliphatic hydroxyl groups is 3. The predicted molar refractivity (Wildman–Crippen MR) is 162 cm³/mol. The van der Waals surface area contributed by atoms with Gasteiger partial charge in [0.2, 0.25) is 5.91 Å². The van der Waals surface area contributed by atoms with Crippen molar-refractivity contribution in [3.8, 4) is 0 Å². The van der Waals surface area contributed by atoms with Crippen molar-refractivity contribution in [2.45, 2.75) is 186 Å². The molecular weight excluding hydrogens is 474 g/mol. The number of hydrogen-bond donors (Lipinski definition) is 4. The number of unbranched alkanes of at least 4 members (excludes halogenated alkanes) is 19. The Bertz CT molecular complexity index is 525. The lowest BCUT2D eigenvalue weighted by atomic mass is 10.0. The summed E-state index contributed by atoms with van der Waals surface area (Å²) in [6.07, 6.45) is 30.1. The number of nitrogens with one attached hydrogen (secondary N) is 1. The van der Waals surface area contributed by atoms with Crippen LogP contribution in [0, 0.1) is 0 Å². The maximum Gasteiger partial charge on any atom is 0.220 e. The minimum Gasteiger partial charge on any atom is -0.394 e. The Morgan fingerprint density at radius 3 is 1.53 bits per heavy atom. The van der Waals surface area contributed by atoms with Gasteiger partial charge in [-0.05, 0) is 38.5 Å². The quantitative estimate of drug-likeness (QED) is 0.0570. The van der Waals surface area contributed by atoms with E-state index in [1.807, 2.05) is 0 Å². The number of amides is 1. The van der Waals surface area contributed by atoms with Crippen molar-refractivity contribution in [2.75, 3.05) is 6.61 Å². The van der Waals surface area contributed by atoms with Crippen LogP contribution in [0.15, 0.2) is 12.2 Å². The van der Waals surface area contributed by atoms with Crippen LogP contribution in [-0.2, 0) is 4.79 Å². The number of rotatable bonds is 29. The summed E-state index contributed by atoms with van der Waals surface area (Å²) in [4.78, 5) is 12.3. The van der Waals surface area contributed by atoms with E-state index >= 15 is 0 Å². The highest BCUT2D eigenvalue weighted by Crippen LogP contribution is 2.14. The van der Waals surface area contributed by atoms with Gasteiger partial charge in [0.05, 0.1) is 18.8 Å². The summed E-state index contributed by atoms with van der Waals surface area (Å²) in [5.74, 6) is -0.157. The van der Waals surface area contributed by atoms with Gasteiger partial charge in [0.1, 0.15) is 6.10 Å². The van der Waals surface area contributed by atoms with Crippen LogP contribution >= 0.6 is 0 Å². The second-order valence-electron chi connectivity index (χ2n) is 11.4. The van der Waals surface area contributed by atoms with E-state index in [0.717, 1.165) is 38.5 Å². The fraction of sp³-hybridized carbons (Fsp3) is 0.909. The molecule has 0 aliphatic carbocycles. The van der Waals surface area contributed by atoms with Gasteiger partial charge in [-0.15, -0.1) is 0 Å². The normalized spacial score (nSPS) is 14.1. The van der Waals surface area contributed by atoms with Crippen LogP contribution in [-0.4, -0.2) is 46.1 Å². The molecule has 0 fully saturated rings. The molecule has 0 saturated carbocycles. The maximum absolute atomic E-state index is 12.3. The minimum atomic E-state index is -1.15. The molecule has 3 atom stereocenters. The zero-order chi connectivity index (χ0) is 28.1. The van der Waals surface area contributed by atoms with Gasteiger partial charge in [0.25, 0.3) is 0 Å². The SMILES string of the molecule is CCCCCCCCC/C=C/CCCC(O)C(O)C(CO)NC(=O)CCCCCCCCCCCCCC. The largest absolute Gasteiger partial charge is 0.394 e. The Hall–Kier alpha value is -0.910. The molecule has 4 N–H and O–H groups in total. The van der Waals surface area contributed by atoms with E-state index in [0.29, 0.717) is 12.8 Å². The molecule has 0 spiro atoms. The number of hydrogen-bond acceptors (Lipinski definition) is 4. The molecular formula is C33H65NO4. The van der Waals surface area contributed by atoms with Crippen molar-refractivity contribution in [3.63, 3.8) is 0 Å². The average Bonchev–Trinajstić information content (AvgIpc) is 2.92. The molecule has 5 nitrogen and oxygen atoms in total. The lowest BCUT2D eigenvalue weighted by Crippen LogP contribution is -2.50. The summed E-state index contributed by atoms with van der Waals surface area (Å²) in [7, 11) is 0. The summed E-state index contributed by atoms with van der Waals surface area (Å²) < 4.78 is 0. The number of allylic oxidation sites excluding steroid dienone is 2. The fourth-order valence-electron chi connectivity index (χ4n) is 4.98. The number of carbonyl (C=O) groups is 1. The summed E-state index contributed by atoms with van der Waals surface area (Å²) in [5.41, 5.74) is 0. The van der Waals surface area contributed by atoms with Gasteiger partial charge in [0.15, 0.2) is 0 Å². The van der Waals surface area contributed by atoms with E-state index in [-0.39, 0.29) is 12.5 Å². The zero-order valence-corrected chi connectivity index (χ0v) is 25.3. The smallest absolute Gasteiger partial charge is 0.220 e. The lowest BCUT2D eigenvalue weighted by Gasteiger charge is -2.26. The molecule has 0 radical (unpaired) electrons. The van der Waals surface area contributed by atoms with Crippen molar-refractivity contribution < 1.29 is 20.1 Å².